The Morgan fingerprint density at radius 1 is 1.28 bits per heavy atom. The van der Waals surface area contributed by atoms with Crippen LogP contribution in [0.4, 0.5) is 5.69 Å². The van der Waals surface area contributed by atoms with Crippen LogP contribution in [0, 0.1) is 0 Å². The van der Waals surface area contributed by atoms with Gasteiger partial charge in [0.1, 0.15) is 5.75 Å². The summed E-state index contributed by atoms with van der Waals surface area (Å²) in [4.78, 5) is 0.703. The number of nitrogen functional groups attached to an aromatic ring is 1. The zero-order chi connectivity index (χ0) is 13.4. The van der Waals surface area contributed by atoms with Gasteiger partial charge in [0.25, 0.3) is 0 Å². The molecule has 0 aromatic heterocycles. The van der Waals surface area contributed by atoms with Gasteiger partial charge in [-0.25, -0.2) is 0 Å². The molecule has 0 spiro atoms. The molecule has 18 heavy (non-hydrogen) atoms. The van der Waals surface area contributed by atoms with Crippen LogP contribution in [0.15, 0.2) is 23.1 Å². The first-order valence-electron chi connectivity index (χ1n) is 6.11. The second kappa shape index (κ2) is 8.11. The van der Waals surface area contributed by atoms with E-state index in [1.54, 1.807) is 25.3 Å². The lowest BCUT2D eigenvalue weighted by atomic mass is 10.2. The molecule has 0 heterocycles. The highest BCUT2D eigenvalue weighted by molar-refractivity contribution is 7.85. The first kappa shape index (κ1) is 15.0. The summed E-state index contributed by atoms with van der Waals surface area (Å²) in [6.07, 6.45) is 3.67. The molecule has 4 nitrogen and oxygen atoms in total. The average molecular weight is 271 g/mol. The molecule has 1 aromatic carbocycles. The summed E-state index contributed by atoms with van der Waals surface area (Å²) in [5.74, 6) is 1.20. The van der Waals surface area contributed by atoms with Gasteiger partial charge in [0.2, 0.25) is 0 Å². The lowest BCUT2D eigenvalue weighted by molar-refractivity contribution is 0.283. The van der Waals surface area contributed by atoms with E-state index in [2.05, 4.69) is 0 Å². The summed E-state index contributed by atoms with van der Waals surface area (Å²) in [5.41, 5.74) is 6.26. The Labute approximate surface area is 111 Å². The largest absolute Gasteiger partial charge is 0.495 e. The monoisotopic (exact) mass is 271 g/mol. The van der Waals surface area contributed by atoms with Gasteiger partial charge in [-0.05, 0) is 25.0 Å². The zero-order valence-corrected chi connectivity index (χ0v) is 11.5. The van der Waals surface area contributed by atoms with Crippen LogP contribution < -0.4 is 10.5 Å². The highest BCUT2D eigenvalue weighted by atomic mass is 32.2. The molecule has 1 atom stereocenters. The van der Waals surface area contributed by atoms with Crippen molar-refractivity contribution in [3.8, 4) is 5.75 Å². The molecule has 0 saturated carbocycles. The summed E-state index contributed by atoms with van der Waals surface area (Å²) in [6.45, 7) is 0.231. The lowest BCUT2D eigenvalue weighted by Gasteiger charge is -2.09. The molecule has 0 saturated heterocycles. The molecular weight excluding hydrogens is 250 g/mol. The van der Waals surface area contributed by atoms with Gasteiger partial charge < -0.3 is 15.6 Å². The van der Waals surface area contributed by atoms with Crippen LogP contribution in [0.25, 0.3) is 0 Å². The van der Waals surface area contributed by atoms with Crippen molar-refractivity contribution in [2.75, 3.05) is 25.2 Å². The third kappa shape index (κ3) is 4.66. The summed E-state index contributed by atoms with van der Waals surface area (Å²) >= 11 is 0. The molecule has 0 bridgehead atoms. The third-order valence-corrected chi connectivity index (χ3v) is 4.16. The van der Waals surface area contributed by atoms with Crippen LogP contribution in [0.3, 0.4) is 0 Å². The van der Waals surface area contributed by atoms with Gasteiger partial charge in [-0.15, -0.1) is 0 Å². The Hall–Kier alpha value is -1.07. The Balaban J connectivity index is 2.51. The molecule has 0 aliphatic carbocycles. The quantitative estimate of drug-likeness (QED) is 0.560. The van der Waals surface area contributed by atoms with Crippen molar-refractivity contribution in [2.45, 2.75) is 30.6 Å². The second-order valence-electron chi connectivity index (χ2n) is 4.10. The number of aliphatic hydroxyl groups is 1. The summed E-state index contributed by atoms with van der Waals surface area (Å²) in [6, 6.07) is 5.19. The maximum atomic E-state index is 12.1. The fourth-order valence-corrected chi connectivity index (χ4v) is 2.95. The lowest BCUT2D eigenvalue weighted by Crippen LogP contribution is -2.02. The van der Waals surface area contributed by atoms with Crippen LogP contribution in [0.5, 0.6) is 5.75 Å². The second-order valence-corrected chi connectivity index (χ2v) is 5.64. The van der Waals surface area contributed by atoms with Gasteiger partial charge in [0, 0.05) is 24.1 Å². The minimum Gasteiger partial charge on any atom is -0.495 e. The van der Waals surface area contributed by atoms with E-state index in [0.717, 1.165) is 25.7 Å². The first-order valence-corrected chi connectivity index (χ1v) is 7.43. The van der Waals surface area contributed by atoms with E-state index in [9.17, 15) is 4.21 Å². The van der Waals surface area contributed by atoms with Crippen molar-refractivity contribution in [1.29, 1.82) is 0 Å². The van der Waals surface area contributed by atoms with Gasteiger partial charge in [-0.3, -0.25) is 4.21 Å². The number of nitrogens with two attached hydrogens (primary N) is 1. The fourth-order valence-electron chi connectivity index (χ4n) is 1.68. The average Bonchev–Trinajstić information content (AvgIpc) is 2.38. The van der Waals surface area contributed by atoms with Crippen molar-refractivity contribution >= 4 is 16.5 Å². The zero-order valence-electron chi connectivity index (χ0n) is 10.7. The SMILES string of the molecule is COc1cc(N)ccc1S(=O)CCCCCCO. The van der Waals surface area contributed by atoms with E-state index in [1.165, 1.54) is 0 Å². The highest BCUT2D eigenvalue weighted by Gasteiger charge is 2.10. The molecule has 3 N–H and O–H groups in total. The summed E-state index contributed by atoms with van der Waals surface area (Å²) < 4.78 is 17.3. The van der Waals surface area contributed by atoms with Crippen LogP contribution >= 0.6 is 0 Å². The molecule has 1 unspecified atom stereocenters. The molecule has 0 amide bonds. The van der Waals surface area contributed by atoms with E-state index in [1.807, 2.05) is 0 Å². The smallest absolute Gasteiger partial charge is 0.137 e. The molecule has 102 valence electrons. The summed E-state index contributed by atoms with van der Waals surface area (Å²) in [7, 11) is 0.501. The fraction of sp³-hybridized carbons (Fsp3) is 0.538. The van der Waals surface area contributed by atoms with E-state index in [4.69, 9.17) is 15.6 Å². The van der Waals surface area contributed by atoms with Gasteiger partial charge in [0.15, 0.2) is 0 Å². The van der Waals surface area contributed by atoms with E-state index >= 15 is 0 Å². The topological polar surface area (TPSA) is 72.5 Å². The molecule has 1 aromatic rings. The maximum Gasteiger partial charge on any atom is 0.137 e. The van der Waals surface area contributed by atoms with Crippen LogP contribution in [0.1, 0.15) is 25.7 Å². The Morgan fingerprint density at radius 2 is 2.00 bits per heavy atom. The van der Waals surface area contributed by atoms with Gasteiger partial charge in [0.05, 0.1) is 22.8 Å². The standard InChI is InChI=1S/C13H21NO3S/c1-17-12-10-11(14)6-7-13(12)18(16)9-5-3-2-4-8-15/h6-7,10,15H,2-5,8-9,14H2,1H3. The predicted octanol–water partition coefficient (Wildman–Crippen LogP) is 1.94. The molecule has 0 radical (unpaired) electrons. The van der Waals surface area contributed by atoms with Crippen molar-refractivity contribution in [3.05, 3.63) is 18.2 Å². The Bertz CT molecular complexity index is 396. The van der Waals surface area contributed by atoms with Crippen molar-refractivity contribution < 1.29 is 14.1 Å². The number of methoxy groups -OCH3 is 1. The van der Waals surface area contributed by atoms with E-state index in [-0.39, 0.29) is 6.61 Å². The van der Waals surface area contributed by atoms with Crippen LogP contribution in [-0.2, 0) is 10.8 Å². The molecule has 0 aliphatic heterocycles. The number of rotatable bonds is 8. The van der Waals surface area contributed by atoms with Crippen molar-refractivity contribution in [3.63, 3.8) is 0 Å². The predicted molar refractivity (Wildman–Crippen MR) is 74.2 cm³/mol. The third-order valence-electron chi connectivity index (χ3n) is 2.67. The highest BCUT2D eigenvalue weighted by Crippen LogP contribution is 2.25. The van der Waals surface area contributed by atoms with Crippen LogP contribution in [0.2, 0.25) is 0 Å². The number of unbranched alkanes of at least 4 members (excludes halogenated alkanes) is 3. The Kier molecular flexibility index (Phi) is 6.75. The summed E-state index contributed by atoms with van der Waals surface area (Å²) in [5, 5.41) is 8.66. The molecule has 5 heteroatoms. The molecular formula is C13H21NO3S. The van der Waals surface area contributed by atoms with Gasteiger partial charge >= 0.3 is 0 Å². The van der Waals surface area contributed by atoms with Crippen LogP contribution in [-0.4, -0.2) is 28.8 Å². The molecule has 0 aliphatic rings. The van der Waals surface area contributed by atoms with E-state index < -0.39 is 10.8 Å². The van der Waals surface area contributed by atoms with Crippen molar-refractivity contribution in [2.24, 2.45) is 0 Å². The normalized spacial score (nSPS) is 12.3. The van der Waals surface area contributed by atoms with E-state index in [0.29, 0.717) is 22.1 Å². The number of anilines is 1. The number of ether oxygens (including phenoxy) is 1. The van der Waals surface area contributed by atoms with Gasteiger partial charge in [-0.2, -0.15) is 0 Å². The van der Waals surface area contributed by atoms with Gasteiger partial charge in [-0.1, -0.05) is 12.8 Å². The molecule has 0 fully saturated rings. The maximum absolute atomic E-state index is 12.1. The number of aliphatic hydroxyl groups excluding tert-OH is 1. The van der Waals surface area contributed by atoms with Crippen molar-refractivity contribution in [1.82, 2.24) is 0 Å². The number of hydrogen-bond donors (Lipinski definition) is 2. The first-order chi connectivity index (χ1) is 8.69. The number of hydrogen-bond acceptors (Lipinski definition) is 4. The minimum absolute atomic E-state index is 0.231. The Morgan fingerprint density at radius 3 is 2.67 bits per heavy atom. The minimum atomic E-state index is -1.05. The number of benzene rings is 1. The molecule has 1 rings (SSSR count).